The second kappa shape index (κ2) is 8.94. The zero-order valence-corrected chi connectivity index (χ0v) is 17.2. The number of phenolic OH excluding ortho intramolecular Hbond substituents is 1. The number of benzene rings is 2. The van der Waals surface area contributed by atoms with Crippen LogP contribution in [0.2, 0.25) is 5.02 Å². The van der Waals surface area contributed by atoms with Gasteiger partial charge in [-0.25, -0.2) is 8.42 Å². The van der Waals surface area contributed by atoms with Gasteiger partial charge in [-0.1, -0.05) is 17.7 Å². The van der Waals surface area contributed by atoms with Crippen LogP contribution in [0.4, 0.5) is 0 Å². The van der Waals surface area contributed by atoms with Gasteiger partial charge in [-0.2, -0.15) is 4.31 Å². The summed E-state index contributed by atoms with van der Waals surface area (Å²) < 4.78 is 26.8. The summed E-state index contributed by atoms with van der Waals surface area (Å²) in [5.41, 5.74) is 0.971. The zero-order valence-electron chi connectivity index (χ0n) is 15.6. The van der Waals surface area contributed by atoms with Gasteiger partial charge in [0.1, 0.15) is 5.75 Å². The van der Waals surface area contributed by atoms with Crippen molar-refractivity contribution in [3.05, 3.63) is 58.6 Å². The molecule has 7 nitrogen and oxygen atoms in total. The van der Waals surface area contributed by atoms with Gasteiger partial charge in [0, 0.05) is 37.6 Å². The summed E-state index contributed by atoms with van der Waals surface area (Å²) in [5, 5.41) is 10.0. The minimum Gasteiger partial charge on any atom is -0.507 e. The molecule has 0 bridgehead atoms. The highest BCUT2D eigenvalue weighted by Crippen LogP contribution is 2.21. The lowest BCUT2D eigenvalue weighted by molar-refractivity contribution is -0.132. The second-order valence-corrected chi connectivity index (χ2v) is 9.12. The fourth-order valence-corrected chi connectivity index (χ4v) is 4.74. The molecule has 1 saturated heterocycles. The number of halogens is 1. The monoisotopic (exact) mass is 436 g/mol. The van der Waals surface area contributed by atoms with E-state index in [9.17, 15) is 23.1 Å². The van der Waals surface area contributed by atoms with Crippen molar-refractivity contribution in [3.8, 4) is 5.75 Å². The summed E-state index contributed by atoms with van der Waals surface area (Å²) in [6.07, 6.45) is 1.25. The summed E-state index contributed by atoms with van der Waals surface area (Å²) in [6, 6.07) is 10.7. The summed E-state index contributed by atoms with van der Waals surface area (Å²) >= 11 is 5.82. The van der Waals surface area contributed by atoms with Crippen molar-refractivity contribution in [2.24, 2.45) is 0 Å². The maximum Gasteiger partial charge on any atom is 0.243 e. The van der Waals surface area contributed by atoms with Crippen molar-refractivity contribution in [3.63, 3.8) is 0 Å². The van der Waals surface area contributed by atoms with Crippen molar-refractivity contribution in [2.75, 3.05) is 26.2 Å². The number of carbonyl (C=O) groups excluding carboxylic acids is 2. The van der Waals surface area contributed by atoms with E-state index < -0.39 is 10.0 Å². The lowest BCUT2D eigenvalue weighted by Crippen LogP contribution is -2.50. The molecule has 1 heterocycles. The van der Waals surface area contributed by atoms with Gasteiger partial charge in [0.25, 0.3) is 0 Å². The Bertz CT molecular complexity index is 1000. The Hall–Kier alpha value is -2.42. The number of sulfonamides is 1. The summed E-state index contributed by atoms with van der Waals surface area (Å²) in [4.78, 5) is 25.2. The van der Waals surface area contributed by atoms with Gasteiger partial charge in [0.15, 0.2) is 6.29 Å². The molecule has 1 aliphatic rings. The number of aryl methyl sites for hydroxylation is 1. The fraction of sp³-hybridized carbons (Fsp3) is 0.300. The predicted molar refractivity (Wildman–Crippen MR) is 109 cm³/mol. The lowest BCUT2D eigenvalue weighted by Gasteiger charge is -2.34. The largest absolute Gasteiger partial charge is 0.507 e. The van der Waals surface area contributed by atoms with E-state index in [1.807, 2.05) is 0 Å². The smallest absolute Gasteiger partial charge is 0.243 e. The van der Waals surface area contributed by atoms with E-state index in [0.29, 0.717) is 30.8 Å². The van der Waals surface area contributed by atoms with Crippen LogP contribution in [-0.2, 0) is 21.2 Å². The minimum atomic E-state index is -3.61. The summed E-state index contributed by atoms with van der Waals surface area (Å²) in [6.45, 7) is 1.10. The third-order valence-corrected chi connectivity index (χ3v) is 7.05. The first-order valence-corrected chi connectivity index (χ1v) is 10.9. The predicted octanol–water partition coefficient (Wildman–Crippen LogP) is 2.32. The average Bonchev–Trinajstić information content (AvgIpc) is 2.73. The first kappa shape index (κ1) is 21.3. The standard InChI is InChI=1S/C20H21ClN2O5S/c21-17-3-5-18(6-4-17)29(27,28)23-11-9-22(10-12-23)20(26)8-2-15-1-7-19(25)16(13-15)14-24/h1,3-7,13-14,25H,2,8-12H2. The Kier molecular flexibility index (Phi) is 6.56. The lowest BCUT2D eigenvalue weighted by atomic mass is 10.1. The van der Waals surface area contributed by atoms with Crippen LogP contribution in [0.5, 0.6) is 5.75 Å². The first-order valence-electron chi connectivity index (χ1n) is 9.12. The van der Waals surface area contributed by atoms with E-state index in [4.69, 9.17) is 11.6 Å². The van der Waals surface area contributed by atoms with Gasteiger partial charge < -0.3 is 10.0 Å². The van der Waals surface area contributed by atoms with Crippen molar-refractivity contribution in [1.29, 1.82) is 0 Å². The molecule has 29 heavy (non-hydrogen) atoms. The molecule has 0 spiro atoms. The van der Waals surface area contributed by atoms with Crippen molar-refractivity contribution in [1.82, 2.24) is 9.21 Å². The number of hydrogen-bond donors (Lipinski definition) is 1. The zero-order chi connectivity index (χ0) is 21.0. The molecule has 1 amide bonds. The van der Waals surface area contributed by atoms with Gasteiger partial charge in [0.2, 0.25) is 15.9 Å². The maximum atomic E-state index is 12.7. The van der Waals surface area contributed by atoms with Crippen LogP contribution >= 0.6 is 11.6 Å². The Labute approximate surface area is 174 Å². The highest BCUT2D eigenvalue weighted by Gasteiger charge is 2.29. The minimum absolute atomic E-state index is 0.0748. The molecule has 0 radical (unpaired) electrons. The molecular weight excluding hydrogens is 416 g/mol. The highest BCUT2D eigenvalue weighted by atomic mass is 35.5. The topological polar surface area (TPSA) is 95.0 Å². The number of piperazine rings is 1. The quantitative estimate of drug-likeness (QED) is 0.701. The molecule has 0 aromatic heterocycles. The molecule has 3 rings (SSSR count). The number of aromatic hydroxyl groups is 1. The molecule has 0 atom stereocenters. The number of nitrogens with zero attached hydrogens (tertiary/aromatic N) is 2. The number of amides is 1. The first-order chi connectivity index (χ1) is 13.8. The van der Waals surface area contributed by atoms with E-state index in [0.717, 1.165) is 5.56 Å². The molecule has 2 aromatic carbocycles. The van der Waals surface area contributed by atoms with Crippen molar-refractivity contribution < 1.29 is 23.1 Å². The molecule has 0 unspecified atom stereocenters. The maximum absolute atomic E-state index is 12.7. The van der Waals surface area contributed by atoms with Gasteiger partial charge in [0.05, 0.1) is 10.5 Å². The second-order valence-electron chi connectivity index (χ2n) is 6.75. The van der Waals surface area contributed by atoms with E-state index >= 15 is 0 Å². The van der Waals surface area contributed by atoms with Crippen molar-refractivity contribution in [2.45, 2.75) is 17.7 Å². The number of phenols is 1. The van der Waals surface area contributed by atoms with Crippen LogP contribution in [0.15, 0.2) is 47.4 Å². The molecule has 2 aromatic rings. The van der Waals surface area contributed by atoms with Crippen LogP contribution in [-0.4, -0.2) is 61.1 Å². The summed E-state index contributed by atoms with van der Waals surface area (Å²) in [7, 11) is -3.61. The molecule has 1 fully saturated rings. The molecule has 0 aliphatic carbocycles. The van der Waals surface area contributed by atoms with Gasteiger partial charge in [-0.3, -0.25) is 9.59 Å². The van der Waals surface area contributed by atoms with Crippen LogP contribution in [0.25, 0.3) is 0 Å². The van der Waals surface area contributed by atoms with Crippen LogP contribution in [0, 0.1) is 0 Å². The third-order valence-electron chi connectivity index (χ3n) is 4.89. The Morgan fingerprint density at radius 1 is 1.07 bits per heavy atom. The average molecular weight is 437 g/mol. The summed E-state index contributed by atoms with van der Waals surface area (Å²) in [5.74, 6) is -0.164. The molecule has 0 saturated carbocycles. The Morgan fingerprint density at radius 2 is 1.72 bits per heavy atom. The molecule has 1 N–H and O–H groups in total. The normalized spacial score (nSPS) is 15.3. The van der Waals surface area contributed by atoms with Gasteiger partial charge >= 0.3 is 0 Å². The van der Waals surface area contributed by atoms with Crippen LogP contribution in [0.1, 0.15) is 22.3 Å². The highest BCUT2D eigenvalue weighted by molar-refractivity contribution is 7.89. The van der Waals surface area contributed by atoms with E-state index in [1.54, 1.807) is 17.0 Å². The fourth-order valence-electron chi connectivity index (χ4n) is 3.20. The van der Waals surface area contributed by atoms with Crippen LogP contribution in [0.3, 0.4) is 0 Å². The van der Waals surface area contributed by atoms with Gasteiger partial charge in [-0.05, 0) is 48.4 Å². The van der Waals surface area contributed by atoms with E-state index in [2.05, 4.69) is 0 Å². The molecular formula is C20H21ClN2O5S. The number of carbonyl (C=O) groups is 2. The third kappa shape index (κ3) is 4.95. The number of rotatable bonds is 6. The van der Waals surface area contributed by atoms with E-state index in [-0.39, 0.29) is 41.6 Å². The Balaban J connectivity index is 1.55. The number of aldehydes is 1. The Morgan fingerprint density at radius 3 is 2.34 bits per heavy atom. The van der Waals surface area contributed by atoms with Crippen LogP contribution < -0.4 is 0 Å². The number of hydrogen-bond acceptors (Lipinski definition) is 5. The van der Waals surface area contributed by atoms with E-state index in [1.165, 1.54) is 34.6 Å². The van der Waals surface area contributed by atoms with Crippen molar-refractivity contribution >= 4 is 33.8 Å². The molecule has 154 valence electrons. The molecule has 9 heteroatoms. The SMILES string of the molecule is O=Cc1cc(CCC(=O)N2CCN(S(=O)(=O)c3ccc(Cl)cc3)CC2)ccc1O. The van der Waals surface area contributed by atoms with Gasteiger partial charge in [-0.15, -0.1) is 0 Å². The molecule has 1 aliphatic heterocycles.